The first-order chi connectivity index (χ1) is 11.4. The molecule has 1 aliphatic heterocycles. The van der Waals surface area contributed by atoms with Crippen molar-refractivity contribution in [2.75, 3.05) is 13.1 Å². The molecule has 0 aromatic carbocycles. The van der Waals surface area contributed by atoms with Gasteiger partial charge in [-0.3, -0.25) is 9.59 Å². The van der Waals surface area contributed by atoms with Crippen molar-refractivity contribution in [3.63, 3.8) is 0 Å². The van der Waals surface area contributed by atoms with Gasteiger partial charge in [0.05, 0.1) is 12.6 Å². The molecule has 0 radical (unpaired) electrons. The summed E-state index contributed by atoms with van der Waals surface area (Å²) < 4.78 is 2.04. The van der Waals surface area contributed by atoms with E-state index in [-0.39, 0.29) is 30.3 Å². The average Bonchev–Trinajstić information content (AvgIpc) is 3.19. The summed E-state index contributed by atoms with van der Waals surface area (Å²) in [6.07, 6.45) is 4.35. The standard InChI is InChI=1S/C17H29N5O2/c1-5-13(4)17(24)18-9-15(23)22-8-6-7-14(22)16-20-19-11-21(16)10-12(2)3/h11-14H,5-10H2,1-4H3,(H,18,24)/t13-,14-/m1/s1. The minimum atomic E-state index is -0.0682. The van der Waals surface area contributed by atoms with Crippen LogP contribution < -0.4 is 5.32 Å². The lowest BCUT2D eigenvalue weighted by Gasteiger charge is -2.25. The monoisotopic (exact) mass is 335 g/mol. The minimum Gasteiger partial charge on any atom is -0.347 e. The molecule has 1 aromatic heterocycles. The molecule has 0 unspecified atom stereocenters. The number of amides is 2. The summed E-state index contributed by atoms with van der Waals surface area (Å²) >= 11 is 0. The van der Waals surface area contributed by atoms with Crippen molar-refractivity contribution in [1.82, 2.24) is 25.0 Å². The van der Waals surface area contributed by atoms with E-state index < -0.39 is 0 Å². The maximum Gasteiger partial charge on any atom is 0.242 e. The predicted octanol–water partition coefficient (Wildman–Crippen LogP) is 1.76. The third kappa shape index (κ3) is 4.33. The van der Waals surface area contributed by atoms with Crippen LogP contribution in [0.2, 0.25) is 0 Å². The molecule has 2 amide bonds. The average molecular weight is 335 g/mol. The quantitative estimate of drug-likeness (QED) is 0.823. The summed E-state index contributed by atoms with van der Waals surface area (Å²) in [5, 5.41) is 11.0. The Morgan fingerprint density at radius 1 is 1.38 bits per heavy atom. The normalized spacial score (nSPS) is 18.9. The van der Waals surface area contributed by atoms with Gasteiger partial charge in [-0.1, -0.05) is 27.7 Å². The van der Waals surface area contributed by atoms with Crippen LogP contribution >= 0.6 is 0 Å². The topological polar surface area (TPSA) is 80.1 Å². The molecule has 1 fully saturated rings. The molecule has 0 spiro atoms. The third-order valence-electron chi connectivity index (χ3n) is 4.55. The predicted molar refractivity (Wildman–Crippen MR) is 91.0 cm³/mol. The summed E-state index contributed by atoms with van der Waals surface area (Å²) in [5.74, 6) is 1.15. The van der Waals surface area contributed by atoms with Gasteiger partial charge in [-0.15, -0.1) is 10.2 Å². The van der Waals surface area contributed by atoms with Crippen LogP contribution in [0.25, 0.3) is 0 Å². The number of aromatic nitrogens is 3. The fourth-order valence-corrected chi connectivity index (χ4v) is 3.01. The molecule has 0 saturated carbocycles. The zero-order valence-electron chi connectivity index (χ0n) is 15.2. The SMILES string of the molecule is CC[C@@H](C)C(=O)NCC(=O)N1CCC[C@@H]1c1nncn1CC(C)C. The number of likely N-dealkylation sites (tertiary alicyclic amines) is 1. The van der Waals surface area contributed by atoms with Crippen molar-refractivity contribution >= 4 is 11.8 Å². The molecular weight excluding hydrogens is 306 g/mol. The summed E-state index contributed by atoms with van der Waals surface area (Å²) in [5.41, 5.74) is 0. The Morgan fingerprint density at radius 3 is 2.79 bits per heavy atom. The van der Waals surface area contributed by atoms with Crippen molar-refractivity contribution in [2.45, 2.75) is 59.5 Å². The van der Waals surface area contributed by atoms with Crippen LogP contribution in [0, 0.1) is 11.8 Å². The van der Waals surface area contributed by atoms with Gasteiger partial charge in [0.25, 0.3) is 0 Å². The second-order valence-corrected chi connectivity index (χ2v) is 7.01. The van der Waals surface area contributed by atoms with Crippen molar-refractivity contribution < 1.29 is 9.59 Å². The Hall–Kier alpha value is -1.92. The Labute approximate surface area is 143 Å². The molecule has 0 aliphatic carbocycles. The van der Waals surface area contributed by atoms with E-state index in [9.17, 15) is 9.59 Å². The van der Waals surface area contributed by atoms with Gasteiger partial charge in [0, 0.05) is 19.0 Å². The van der Waals surface area contributed by atoms with Gasteiger partial charge in [0.15, 0.2) is 5.82 Å². The first kappa shape index (κ1) is 18.4. The minimum absolute atomic E-state index is 0.0424. The zero-order chi connectivity index (χ0) is 17.7. The molecule has 134 valence electrons. The van der Waals surface area contributed by atoms with Crippen LogP contribution in [-0.2, 0) is 16.1 Å². The maximum atomic E-state index is 12.6. The van der Waals surface area contributed by atoms with Gasteiger partial charge in [-0.05, 0) is 25.2 Å². The summed E-state index contributed by atoms with van der Waals surface area (Å²) in [6, 6.07) is -0.0424. The van der Waals surface area contributed by atoms with E-state index in [1.54, 1.807) is 6.33 Å². The fraction of sp³-hybridized carbons (Fsp3) is 0.765. The summed E-state index contributed by atoms with van der Waals surface area (Å²) in [7, 11) is 0. The first-order valence-electron chi connectivity index (χ1n) is 8.88. The van der Waals surface area contributed by atoms with E-state index in [0.29, 0.717) is 12.5 Å². The number of carbonyl (C=O) groups excluding carboxylic acids is 2. The van der Waals surface area contributed by atoms with Gasteiger partial charge in [-0.2, -0.15) is 0 Å². The lowest BCUT2D eigenvalue weighted by atomic mass is 10.1. The third-order valence-corrected chi connectivity index (χ3v) is 4.55. The summed E-state index contributed by atoms with van der Waals surface area (Å²) in [6.45, 7) is 9.72. The van der Waals surface area contributed by atoms with Crippen LogP contribution in [0.4, 0.5) is 0 Å². The number of nitrogens with zero attached hydrogens (tertiary/aromatic N) is 4. The Balaban J connectivity index is 2.01. The van der Waals surface area contributed by atoms with Gasteiger partial charge in [0.1, 0.15) is 6.33 Å². The number of rotatable bonds is 7. The second-order valence-electron chi connectivity index (χ2n) is 7.01. The Kier molecular flexibility index (Phi) is 6.34. The molecule has 2 heterocycles. The Bertz CT molecular complexity index is 569. The fourth-order valence-electron chi connectivity index (χ4n) is 3.01. The van der Waals surface area contributed by atoms with Gasteiger partial charge in [-0.25, -0.2) is 0 Å². The molecule has 7 heteroatoms. The first-order valence-corrected chi connectivity index (χ1v) is 8.88. The number of hydrogen-bond acceptors (Lipinski definition) is 4. The Morgan fingerprint density at radius 2 is 2.12 bits per heavy atom. The van der Waals surface area contributed by atoms with E-state index in [4.69, 9.17) is 0 Å². The lowest BCUT2D eigenvalue weighted by Crippen LogP contribution is -2.41. The van der Waals surface area contributed by atoms with Crippen molar-refractivity contribution in [1.29, 1.82) is 0 Å². The summed E-state index contributed by atoms with van der Waals surface area (Å²) in [4.78, 5) is 26.3. The van der Waals surface area contributed by atoms with Crippen molar-refractivity contribution in [3.8, 4) is 0 Å². The van der Waals surface area contributed by atoms with Gasteiger partial charge < -0.3 is 14.8 Å². The second kappa shape index (κ2) is 8.26. The number of carbonyl (C=O) groups is 2. The van der Waals surface area contributed by atoms with Crippen LogP contribution in [-0.4, -0.2) is 44.6 Å². The van der Waals surface area contributed by atoms with Crippen LogP contribution in [0.1, 0.15) is 58.8 Å². The van der Waals surface area contributed by atoms with Gasteiger partial charge in [0.2, 0.25) is 11.8 Å². The van der Waals surface area contributed by atoms with E-state index >= 15 is 0 Å². The highest BCUT2D eigenvalue weighted by Crippen LogP contribution is 2.30. The largest absolute Gasteiger partial charge is 0.347 e. The molecule has 2 atom stereocenters. The van der Waals surface area contributed by atoms with E-state index in [1.165, 1.54) is 0 Å². The van der Waals surface area contributed by atoms with E-state index in [2.05, 4.69) is 29.4 Å². The van der Waals surface area contributed by atoms with Crippen LogP contribution in [0.15, 0.2) is 6.33 Å². The molecule has 2 rings (SSSR count). The molecule has 0 bridgehead atoms. The molecule has 7 nitrogen and oxygen atoms in total. The highest BCUT2D eigenvalue weighted by Gasteiger charge is 2.33. The highest BCUT2D eigenvalue weighted by molar-refractivity contribution is 5.86. The number of hydrogen-bond donors (Lipinski definition) is 1. The van der Waals surface area contributed by atoms with Crippen LogP contribution in [0.5, 0.6) is 0 Å². The number of nitrogens with one attached hydrogen (secondary N) is 1. The highest BCUT2D eigenvalue weighted by atomic mass is 16.2. The molecule has 1 aliphatic rings. The van der Waals surface area contributed by atoms with Crippen molar-refractivity contribution in [2.24, 2.45) is 11.8 Å². The smallest absolute Gasteiger partial charge is 0.242 e. The van der Waals surface area contributed by atoms with Crippen LogP contribution in [0.3, 0.4) is 0 Å². The van der Waals surface area contributed by atoms with Crippen molar-refractivity contribution in [3.05, 3.63) is 12.2 Å². The molecule has 1 N–H and O–H groups in total. The maximum absolute atomic E-state index is 12.6. The zero-order valence-corrected chi connectivity index (χ0v) is 15.2. The van der Waals surface area contributed by atoms with E-state index in [0.717, 1.165) is 31.6 Å². The molecule has 1 aromatic rings. The van der Waals surface area contributed by atoms with E-state index in [1.807, 2.05) is 23.3 Å². The molecule has 24 heavy (non-hydrogen) atoms. The van der Waals surface area contributed by atoms with Gasteiger partial charge >= 0.3 is 0 Å². The molecular formula is C17H29N5O2. The molecule has 1 saturated heterocycles. The lowest BCUT2D eigenvalue weighted by molar-refractivity contribution is -0.134.